The standard InChI is InChI=1S/C9H21P.2C5H8O2.Pd/c1-7(2)10(8(3)4)9(5)6;2*1-4(6)3-5(2)7;/h7-9H,1-6H3;2*3,6H,1-2H3;/p+1/b;2*4-3-;. The summed E-state index contributed by atoms with van der Waals surface area (Å²) in [6.07, 6.45) is 2.33. The van der Waals surface area contributed by atoms with Crippen LogP contribution < -0.4 is 0 Å². The van der Waals surface area contributed by atoms with Crippen molar-refractivity contribution in [2.75, 3.05) is 0 Å². The van der Waals surface area contributed by atoms with E-state index in [1.54, 1.807) is 0 Å². The van der Waals surface area contributed by atoms with Crippen LogP contribution in [0.25, 0.3) is 0 Å². The fraction of sp³-hybridized carbons (Fsp3) is 0.684. The van der Waals surface area contributed by atoms with E-state index in [0.717, 1.165) is 17.0 Å². The first-order valence-corrected chi connectivity index (χ1v) is 10.1. The van der Waals surface area contributed by atoms with Crippen molar-refractivity contribution in [3.8, 4) is 0 Å². The van der Waals surface area contributed by atoms with Crippen molar-refractivity contribution in [1.82, 2.24) is 0 Å². The molecule has 0 bridgehead atoms. The minimum absolute atomic E-state index is 0. The SMILES string of the molecule is CC(=O)/C=C(/C)O.CC(=O)/C=C(/C)O.CC(C)[PH+](C(C)C)C(C)C.[Pd]. The summed E-state index contributed by atoms with van der Waals surface area (Å²) in [7, 11) is -0.0957. The van der Waals surface area contributed by atoms with Crippen molar-refractivity contribution in [3.05, 3.63) is 23.7 Å². The van der Waals surface area contributed by atoms with Gasteiger partial charge in [0.15, 0.2) is 11.6 Å². The third kappa shape index (κ3) is 28.6. The molecule has 0 amide bonds. The van der Waals surface area contributed by atoms with Gasteiger partial charge in [-0.15, -0.1) is 0 Å². The molecule has 0 radical (unpaired) electrons. The van der Waals surface area contributed by atoms with Crippen molar-refractivity contribution in [2.45, 2.75) is 86.2 Å². The van der Waals surface area contributed by atoms with Crippen molar-refractivity contribution in [1.29, 1.82) is 0 Å². The van der Waals surface area contributed by atoms with Crippen LogP contribution in [0.5, 0.6) is 0 Å². The van der Waals surface area contributed by atoms with Gasteiger partial charge in [-0.25, -0.2) is 0 Å². The van der Waals surface area contributed by atoms with Gasteiger partial charge in [0, 0.05) is 40.5 Å². The molecule has 0 spiro atoms. The zero-order valence-electron chi connectivity index (χ0n) is 17.4. The van der Waals surface area contributed by atoms with Gasteiger partial charge in [-0.1, -0.05) is 0 Å². The van der Waals surface area contributed by atoms with Gasteiger partial charge in [0.1, 0.15) is 0 Å². The molecule has 152 valence electrons. The third-order valence-electron chi connectivity index (χ3n) is 2.82. The first-order valence-electron chi connectivity index (χ1n) is 8.34. The molecule has 0 atom stereocenters. The minimum Gasteiger partial charge on any atom is -0.512 e. The summed E-state index contributed by atoms with van der Waals surface area (Å²) in [6.45, 7) is 19.9. The fourth-order valence-corrected chi connectivity index (χ4v) is 6.59. The average molecular weight is 468 g/mol. The monoisotopic (exact) mass is 467 g/mol. The molecule has 0 aliphatic carbocycles. The maximum Gasteiger partial charge on any atom is 0.155 e. The van der Waals surface area contributed by atoms with E-state index in [0.29, 0.717) is 0 Å². The quantitative estimate of drug-likeness (QED) is 0.242. The van der Waals surface area contributed by atoms with Crippen LogP contribution in [0.1, 0.15) is 69.2 Å². The van der Waals surface area contributed by atoms with Gasteiger partial charge in [0.2, 0.25) is 0 Å². The normalized spacial score (nSPS) is 11.4. The van der Waals surface area contributed by atoms with Crippen LogP contribution in [0.4, 0.5) is 0 Å². The zero-order chi connectivity index (χ0) is 20.0. The predicted octanol–water partition coefficient (Wildman–Crippen LogP) is 5.50. The van der Waals surface area contributed by atoms with E-state index < -0.39 is 0 Å². The summed E-state index contributed by atoms with van der Waals surface area (Å²) in [4.78, 5) is 20.0. The Balaban J connectivity index is -0.000000133. The Kier molecular flexibility index (Phi) is 23.6. The van der Waals surface area contributed by atoms with E-state index in [2.05, 4.69) is 41.5 Å². The summed E-state index contributed by atoms with van der Waals surface area (Å²) in [5.74, 6) is -0.125. The maximum atomic E-state index is 10.0. The van der Waals surface area contributed by atoms with Crippen LogP contribution in [0.15, 0.2) is 23.7 Å². The molecular formula is C19H38O4PPd+. The Morgan fingerprint density at radius 1 is 0.680 bits per heavy atom. The second-order valence-electron chi connectivity index (χ2n) is 6.76. The number of allylic oxidation sites excluding steroid dienone is 4. The fourth-order valence-electron chi connectivity index (χ4n) is 2.59. The molecule has 25 heavy (non-hydrogen) atoms. The summed E-state index contributed by atoms with van der Waals surface area (Å²) in [5, 5.41) is 16.7. The molecule has 0 unspecified atom stereocenters. The molecule has 0 rings (SSSR count). The van der Waals surface area contributed by atoms with Crippen molar-refractivity contribution < 1.29 is 40.2 Å². The van der Waals surface area contributed by atoms with Crippen LogP contribution in [-0.2, 0) is 30.0 Å². The van der Waals surface area contributed by atoms with E-state index in [9.17, 15) is 9.59 Å². The summed E-state index contributed by atoms with van der Waals surface area (Å²) in [6, 6.07) is 0. The molecule has 0 aromatic heterocycles. The maximum absolute atomic E-state index is 10.0. The molecule has 0 saturated carbocycles. The average Bonchev–Trinajstić information content (AvgIpc) is 2.23. The van der Waals surface area contributed by atoms with Gasteiger partial charge in [0.25, 0.3) is 0 Å². The molecule has 0 fully saturated rings. The molecule has 6 heteroatoms. The number of carbonyl (C=O) groups excluding carboxylic acids is 2. The predicted molar refractivity (Wildman–Crippen MR) is 108 cm³/mol. The first kappa shape index (κ1) is 32.2. The molecule has 0 aromatic rings. The number of ketones is 2. The molecule has 0 aliphatic rings. The summed E-state index contributed by atoms with van der Waals surface area (Å²) in [5.41, 5.74) is 2.81. The largest absolute Gasteiger partial charge is 0.512 e. The smallest absolute Gasteiger partial charge is 0.155 e. The number of aliphatic hydroxyl groups is 2. The third-order valence-corrected chi connectivity index (χ3v) is 6.82. The Labute approximate surface area is 169 Å². The Bertz CT molecular complexity index is 372. The van der Waals surface area contributed by atoms with Crippen molar-refractivity contribution in [3.63, 3.8) is 0 Å². The molecule has 0 aliphatic heterocycles. The van der Waals surface area contributed by atoms with E-state index in [-0.39, 0.29) is 51.4 Å². The number of aliphatic hydroxyl groups excluding tert-OH is 2. The molecular weight excluding hydrogens is 430 g/mol. The van der Waals surface area contributed by atoms with Crippen molar-refractivity contribution >= 4 is 19.5 Å². The molecule has 2 N–H and O–H groups in total. The minimum atomic E-state index is -0.125. The molecule has 0 heterocycles. The Hall–Kier alpha value is -0.488. The van der Waals surface area contributed by atoms with E-state index in [4.69, 9.17) is 10.2 Å². The van der Waals surface area contributed by atoms with E-state index >= 15 is 0 Å². The summed E-state index contributed by atoms with van der Waals surface area (Å²) < 4.78 is 0. The number of carbonyl (C=O) groups is 2. The molecule has 4 nitrogen and oxygen atoms in total. The second-order valence-corrected chi connectivity index (χ2v) is 11.2. The molecule has 0 saturated heterocycles. The second kappa shape index (κ2) is 18.3. The van der Waals surface area contributed by atoms with Gasteiger partial charge < -0.3 is 10.2 Å². The van der Waals surface area contributed by atoms with Crippen LogP contribution in [-0.4, -0.2) is 38.8 Å². The Morgan fingerprint density at radius 2 is 0.880 bits per heavy atom. The number of rotatable bonds is 5. The zero-order valence-corrected chi connectivity index (χ0v) is 20.0. The first-order chi connectivity index (χ1) is 10.7. The van der Waals surface area contributed by atoms with Gasteiger partial charge >= 0.3 is 0 Å². The topological polar surface area (TPSA) is 74.6 Å². The Morgan fingerprint density at radius 3 is 0.880 bits per heavy atom. The van der Waals surface area contributed by atoms with Gasteiger partial charge in [-0.2, -0.15) is 0 Å². The van der Waals surface area contributed by atoms with Crippen LogP contribution in [0.2, 0.25) is 0 Å². The van der Waals surface area contributed by atoms with Gasteiger partial charge in [-0.3, -0.25) is 9.59 Å². The van der Waals surface area contributed by atoms with Gasteiger partial charge in [-0.05, 0) is 69.2 Å². The van der Waals surface area contributed by atoms with Crippen molar-refractivity contribution in [2.24, 2.45) is 0 Å². The van der Waals surface area contributed by atoms with Gasteiger partial charge in [0.05, 0.1) is 28.5 Å². The summed E-state index contributed by atoms with van der Waals surface area (Å²) >= 11 is 0. The van der Waals surface area contributed by atoms with Crippen LogP contribution in [0, 0.1) is 0 Å². The molecule has 0 aromatic carbocycles. The van der Waals surface area contributed by atoms with Crippen LogP contribution >= 0.6 is 7.92 Å². The van der Waals surface area contributed by atoms with Crippen LogP contribution in [0.3, 0.4) is 0 Å². The number of hydrogen-bond acceptors (Lipinski definition) is 4. The number of hydrogen-bond donors (Lipinski definition) is 2. The van der Waals surface area contributed by atoms with E-state index in [1.807, 2.05) is 0 Å². The van der Waals surface area contributed by atoms with E-state index in [1.165, 1.54) is 39.8 Å².